The van der Waals surface area contributed by atoms with E-state index in [1.807, 2.05) is 31.2 Å². The summed E-state index contributed by atoms with van der Waals surface area (Å²) in [4.78, 5) is 23.8. The van der Waals surface area contributed by atoms with E-state index in [9.17, 15) is 19.3 Å². The average molecular weight is 442 g/mol. The van der Waals surface area contributed by atoms with E-state index in [0.717, 1.165) is 29.3 Å². The van der Waals surface area contributed by atoms with Gasteiger partial charge in [-0.15, -0.1) is 11.8 Å². The lowest BCUT2D eigenvalue weighted by Gasteiger charge is -2.09. The Bertz CT molecular complexity index is 1110. The number of halogens is 2. The molecular formula is C23H17ClFNO3S. The molecule has 0 radical (unpaired) electrons. The van der Waals surface area contributed by atoms with E-state index in [4.69, 9.17) is 11.6 Å². The SMILES string of the molecule is Cc1ccc(CS/C(=C/c2cc([N+](=O)[O-])ccc2F)C(=O)c2ccc(Cl)cc2)cc1. The molecule has 0 heterocycles. The second-order valence-electron chi connectivity index (χ2n) is 6.58. The molecule has 30 heavy (non-hydrogen) atoms. The number of carbonyl (C=O) groups is 1. The van der Waals surface area contributed by atoms with Gasteiger partial charge >= 0.3 is 0 Å². The first-order valence-electron chi connectivity index (χ1n) is 8.98. The van der Waals surface area contributed by atoms with Crippen LogP contribution >= 0.6 is 23.4 Å². The van der Waals surface area contributed by atoms with E-state index in [1.165, 1.54) is 17.8 Å². The van der Waals surface area contributed by atoms with Crippen LogP contribution in [0, 0.1) is 22.9 Å². The first kappa shape index (κ1) is 21.7. The van der Waals surface area contributed by atoms with Crippen LogP contribution in [-0.4, -0.2) is 10.7 Å². The molecule has 0 aliphatic heterocycles. The van der Waals surface area contributed by atoms with Crippen LogP contribution < -0.4 is 0 Å². The minimum atomic E-state index is -0.641. The smallest absolute Gasteiger partial charge is 0.270 e. The van der Waals surface area contributed by atoms with Crippen LogP contribution in [0.25, 0.3) is 6.08 Å². The van der Waals surface area contributed by atoms with Gasteiger partial charge in [0.05, 0.1) is 9.83 Å². The summed E-state index contributed by atoms with van der Waals surface area (Å²) < 4.78 is 14.3. The Hall–Kier alpha value is -2.96. The third-order valence-corrected chi connectivity index (χ3v) is 5.67. The van der Waals surface area contributed by atoms with Crippen molar-refractivity contribution >= 4 is 40.9 Å². The van der Waals surface area contributed by atoms with E-state index in [1.54, 1.807) is 24.3 Å². The van der Waals surface area contributed by atoms with E-state index in [0.29, 0.717) is 16.3 Å². The van der Waals surface area contributed by atoms with Crippen molar-refractivity contribution < 1.29 is 14.1 Å². The summed E-state index contributed by atoms with van der Waals surface area (Å²) in [6.07, 6.45) is 1.36. The van der Waals surface area contributed by atoms with Crippen LogP contribution in [-0.2, 0) is 5.75 Å². The van der Waals surface area contributed by atoms with Crippen molar-refractivity contribution in [2.24, 2.45) is 0 Å². The van der Waals surface area contributed by atoms with Crippen LogP contribution in [0.5, 0.6) is 0 Å². The van der Waals surface area contributed by atoms with Crippen molar-refractivity contribution in [3.63, 3.8) is 0 Å². The topological polar surface area (TPSA) is 60.2 Å². The number of hydrogen-bond donors (Lipinski definition) is 0. The lowest BCUT2D eigenvalue weighted by molar-refractivity contribution is -0.384. The van der Waals surface area contributed by atoms with Gasteiger partial charge in [-0.05, 0) is 48.9 Å². The zero-order chi connectivity index (χ0) is 21.7. The molecule has 0 unspecified atom stereocenters. The molecule has 3 rings (SSSR count). The van der Waals surface area contributed by atoms with Gasteiger partial charge < -0.3 is 0 Å². The number of nitro groups is 1. The molecule has 0 aliphatic carbocycles. The normalized spacial score (nSPS) is 11.4. The molecule has 4 nitrogen and oxygen atoms in total. The summed E-state index contributed by atoms with van der Waals surface area (Å²) in [5, 5.41) is 11.5. The number of Topliss-reactive ketones (excluding diaryl/α,β-unsaturated/α-hetero) is 1. The highest BCUT2D eigenvalue weighted by molar-refractivity contribution is 8.03. The van der Waals surface area contributed by atoms with Gasteiger partial charge in [0.15, 0.2) is 5.78 Å². The predicted octanol–water partition coefficient (Wildman–Crippen LogP) is 6.85. The molecule has 152 valence electrons. The van der Waals surface area contributed by atoms with Crippen LogP contribution in [0.4, 0.5) is 10.1 Å². The lowest BCUT2D eigenvalue weighted by Crippen LogP contribution is -2.02. The molecular weight excluding hydrogens is 425 g/mol. The monoisotopic (exact) mass is 441 g/mol. The van der Waals surface area contributed by atoms with Crippen LogP contribution in [0.1, 0.15) is 27.0 Å². The van der Waals surface area contributed by atoms with Crippen LogP contribution in [0.15, 0.2) is 71.6 Å². The van der Waals surface area contributed by atoms with Crippen LogP contribution in [0.2, 0.25) is 5.02 Å². The molecule has 7 heteroatoms. The van der Waals surface area contributed by atoms with Gasteiger partial charge in [-0.2, -0.15) is 0 Å². The number of carbonyl (C=O) groups excluding carboxylic acids is 1. The standard InChI is InChI=1S/C23H17ClFNO3S/c1-15-2-4-16(5-3-15)14-30-22(23(27)17-6-8-19(24)9-7-17)13-18-12-20(26(28)29)10-11-21(18)25/h2-13H,14H2,1H3/b22-13+. The van der Waals surface area contributed by atoms with Gasteiger partial charge in [-0.3, -0.25) is 14.9 Å². The predicted molar refractivity (Wildman–Crippen MR) is 119 cm³/mol. The third kappa shape index (κ3) is 5.55. The first-order chi connectivity index (χ1) is 14.3. The number of nitrogens with zero attached hydrogens (tertiary/aromatic N) is 1. The Labute approximate surface area is 182 Å². The van der Waals surface area contributed by atoms with E-state index < -0.39 is 10.7 Å². The largest absolute Gasteiger partial charge is 0.288 e. The van der Waals surface area contributed by atoms with Gasteiger partial charge in [-0.1, -0.05) is 41.4 Å². The van der Waals surface area contributed by atoms with Crippen LogP contribution in [0.3, 0.4) is 0 Å². The molecule has 0 bridgehead atoms. The Kier molecular flexibility index (Phi) is 7.03. The summed E-state index contributed by atoms with van der Waals surface area (Å²) in [7, 11) is 0. The highest BCUT2D eigenvalue weighted by atomic mass is 35.5. The van der Waals surface area contributed by atoms with Crippen molar-refractivity contribution in [1.82, 2.24) is 0 Å². The Balaban J connectivity index is 1.97. The maximum absolute atomic E-state index is 14.3. The van der Waals surface area contributed by atoms with Crippen molar-refractivity contribution in [2.75, 3.05) is 0 Å². The third-order valence-electron chi connectivity index (χ3n) is 4.32. The Morgan fingerprint density at radius 1 is 1.10 bits per heavy atom. The van der Waals surface area contributed by atoms with Crippen molar-refractivity contribution in [1.29, 1.82) is 0 Å². The maximum atomic E-state index is 14.3. The highest BCUT2D eigenvalue weighted by Gasteiger charge is 2.16. The number of nitro benzene ring substituents is 1. The van der Waals surface area contributed by atoms with Crippen molar-refractivity contribution in [3.05, 3.63) is 115 Å². The molecule has 0 amide bonds. The molecule has 0 atom stereocenters. The van der Waals surface area contributed by atoms with Gasteiger partial charge in [0.2, 0.25) is 0 Å². The summed E-state index contributed by atoms with van der Waals surface area (Å²) in [5.41, 5.74) is 2.26. The van der Waals surface area contributed by atoms with Gasteiger partial charge in [-0.25, -0.2) is 4.39 Å². The lowest BCUT2D eigenvalue weighted by atomic mass is 10.1. The molecule has 0 aliphatic rings. The summed E-state index contributed by atoms with van der Waals surface area (Å²) >= 11 is 7.15. The Morgan fingerprint density at radius 2 is 1.77 bits per heavy atom. The minimum absolute atomic E-state index is 0.0158. The number of benzene rings is 3. The summed E-state index contributed by atoms with van der Waals surface area (Å²) in [6.45, 7) is 1.98. The van der Waals surface area contributed by atoms with Gasteiger partial charge in [0, 0.05) is 34.0 Å². The summed E-state index contributed by atoms with van der Waals surface area (Å²) in [5.74, 6) is -0.463. The molecule has 0 N–H and O–H groups in total. The quantitative estimate of drug-likeness (QED) is 0.174. The fourth-order valence-electron chi connectivity index (χ4n) is 2.66. The Morgan fingerprint density at radius 3 is 2.40 bits per heavy atom. The molecule has 0 saturated heterocycles. The number of ketones is 1. The van der Waals surface area contributed by atoms with Crippen molar-refractivity contribution in [3.8, 4) is 0 Å². The fourth-order valence-corrected chi connectivity index (χ4v) is 3.76. The highest BCUT2D eigenvalue weighted by Crippen LogP contribution is 2.29. The summed E-state index contributed by atoms with van der Waals surface area (Å²) in [6, 6.07) is 17.5. The van der Waals surface area contributed by atoms with E-state index >= 15 is 0 Å². The first-order valence-corrected chi connectivity index (χ1v) is 10.3. The number of aryl methyl sites for hydroxylation is 1. The molecule has 3 aromatic rings. The van der Waals surface area contributed by atoms with E-state index in [2.05, 4.69) is 0 Å². The minimum Gasteiger partial charge on any atom is -0.288 e. The second kappa shape index (κ2) is 9.69. The average Bonchev–Trinajstić information content (AvgIpc) is 2.73. The number of non-ortho nitro benzene ring substituents is 1. The van der Waals surface area contributed by atoms with Gasteiger partial charge in [0.25, 0.3) is 5.69 Å². The zero-order valence-corrected chi connectivity index (χ0v) is 17.5. The second-order valence-corrected chi connectivity index (χ2v) is 8.04. The molecule has 0 fully saturated rings. The zero-order valence-electron chi connectivity index (χ0n) is 16.0. The molecule has 3 aromatic carbocycles. The number of thioether (sulfide) groups is 1. The number of hydrogen-bond acceptors (Lipinski definition) is 4. The fraction of sp³-hybridized carbons (Fsp3) is 0.0870. The van der Waals surface area contributed by atoms with Gasteiger partial charge in [0.1, 0.15) is 5.82 Å². The van der Waals surface area contributed by atoms with E-state index in [-0.39, 0.29) is 21.9 Å². The van der Waals surface area contributed by atoms with Crippen molar-refractivity contribution in [2.45, 2.75) is 12.7 Å². The maximum Gasteiger partial charge on any atom is 0.270 e. The molecule has 0 spiro atoms. The number of allylic oxidation sites excluding steroid dienone is 1. The molecule has 0 aromatic heterocycles. The number of rotatable bonds is 7. The molecule has 0 saturated carbocycles.